The van der Waals surface area contributed by atoms with Crippen LogP contribution in [-0.2, 0) is 6.42 Å². The first-order valence-electron chi connectivity index (χ1n) is 10.5. The molecule has 0 radical (unpaired) electrons. The number of aryl methyl sites for hydroxylation is 1. The van der Waals surface area contributed by atoms with E-state index in [0.29, 0.717) is 28.6 Å². The maximum atomic E-state index is 12.8. The third kappa shape index (κ3) is 4.03. The van der Waals surface area contributed by atoms with Crippen LogP contribution in [0.5, 0.6) is 5.75 Å². The molecule has 0 amide bonds. The quantitative estimate of drug-likeness (QED) is 0.594. The van der Waals surface area contributed by atoms with E-state index in [1.807, 2.05) is 32.2 Å². The van der Waals surface area contributed by atoms with E-state index in [-0.39, 0.29) is 11.5 Å². The van der Waals surface area contributed by atoms with E-state index < -0.39 is 0 Å². The van der Waals surface area contributed by atoms with Gasteiger partial charge in [-0.3, -0.25) is 0 Å². The van der Waals surface area contributed by atoms with Gasteiger partial charge < -0.3 is 19.0 Å². The molecule has 4 rings (SSSR count). The van der Waals surface area contributed by atoms with E-state index in [9.17, 15) is 4.79 Å². The summed E-state index contributed by atoms with van der Waals surface area (Å²) in [6.45, 7) is 6.14. The Balaban J connectivity index is 1.72. The number of pyridine rings is 1. The van der Waals surface area contributed by atoms with Crippen LogP contribution in [0.15, 0.2) is 39.7 Å². The van der Waals surface area contributed by atoms with E-state index in [2.05, 4.69) is 19.8 Å². The minimum atomic E-state index is -0.385. The molecule has 30 heavy (non-hydrogen) atoms. The number of methoxy groups -OCH3 is 1. The Morgan fingerprint density at radius 1 is 1.27 bits per heavy atom. The first kappa shape index (κ1) is 20.3. The van der Waals surface area contributed by atoms with Gasteiger partial charge in [0.05, 0.1) is 23.6 Å². The van der Waals surface area contributed by atoms with Crippen molar-refractivity contribution in [2.24, 2.45) is 0 Å². The predicted octanol–water partition coefficient (Wildman–Crippen LogP) is 3.35. The second-order valence-corrected chi connectivity index (χ2v) is 7.69. The third-order valence-electron chi connectivity index (χ3n) is 5.73. The number of nitrogens with zero attached hydrogens (tertiary/aromatic N) is 4. The van der Waals surface area contributed by atoms with Crippen LogP contribution in [0.3, 0.4) is 0 Å². The molecule has 2 aromatic heterocycles. The van der Waals surface area contributed by atoms with Crippen LogP contribution < -0.4 is 15.3 Å². The highest BCUT2D eigenvalue weighted by Crippen LogP contribution is 2.29. The molecule has 0 spiro atoms. The maximum Gasteiger partial charge on any atom is 0.347 e. The fourth-order valence-electron chi connectivity index (χ4n) is 4.04. The van der Waals surface area contributed by atoms with E-state index in [1.54, 1.807) is 19.4 Å². The van der Waals surface area contributed by atoms with Gasteiger partial charge in [0.1, 0.15) is 11.6 Å². The zero-order valence-electron chi connectivity index (χ0n) is 17.9. The Morgan fingerprint density at radius 3 is 2.80 bits per heavy atom. The van der Waals surface area contributed by atoms with Crippen LogP contribution in [0.25, 0.3) is 22.4 Å². The molecule has 7 heteroatoms. The molecule has 1 fully saturated rings. The first-order valence-corrected chi connectivity index (χ1v) is 10.5. The number of hydrogen-bond donors (Lipinski definition) is 0. The summed E-state index contributed by atoms with van der Waals surface area (Å²) >= 11 is 0. The molecule has 1 aromatic carbocycles. The van der Waals surface area contributed by atoms with Crippen molar-refractivity contribution in [3.8, 4) is 17.2 Å². The van der Waals surface area contributed by atoms with Gasteiger partial charge in [-0.25, -0.2) is 14.8 Å². The van der Waals surface area contributed by atoms with Crippen molar-refractivity contribution < 1.29 is 9.15 Å². The van der Waals surface area contributed by atoms with Crippen molar-refractivity contribution in [3.05, 3.63) is 46.4 Å². The number of aromatic nitrogens is 2. The molecular weight excluding hydrogens is 380 g/mol. The van der Waals surface area contributed by atoms with Gasteiger partial charge in [-0.05, 0) is 56.1 Å². The molecule has 7 nitrogen and oxygen atoms in total. The minimum absolute atomic E-state index is 0.277. The molecule has 158 valence electrons. The lowest BCUT2D eigenvalue weighted by molar-refractivity contribution is 0.346. The van der Waals surface area contributed by atoms with E-state index in [4.69, 9.17) is 9.15 Å². The van der Waals surface area contributed by atoms with Crippen molar-refractivity contribution in [1.29, 1.82) is 0 Å². The van der Waals surface area contributed by atoms with Crippen molar-refractivity contribution in [1.82, 2.24) is 14.9 Å². The smallest absolute Gasteiger partial charge is 0.347 e. The highest BCUT2D eigenvalue weighted by molar-refractivity contribution is 5.84. The van der Waals surface area contributed by atoms with Crippen molar-refractivity contribution in [2.45, 2.75) is 26.2 Å². The molecule has 3 heterocycles. The number of anilines is 1. The van der Waals surface area contributed by atoms with Crippen LogP contribution in [0, 0.1) is 0 Å². The Morgan fingerprint density at radius 2 is 2.07 bits per heavy atom. The second kappa shape index (κ2) is 8.83. The molecule has 3 aromatic rings. The van der Waals surface area contributed by atoms with Gasteiger partial charge in [0, 0.05) is 32.4 Å². The van der Waals surface area contributed by atoms with Crippen molar-refractivity contribution in [2.75, 3.05) is 45.2 Å². The summed E-state index contributed by atoms with van der Waals surface area (Å²) in [4.78, 5) is 26.6. The molecule has 1 aliphatic heterocycles. The lowest BCUT2D eigenvalue weighted by Gasteiger charge is -2.23. The van der Waals surface area contributed by atoms with Gasteiger partial charge in [0.15, 0.2) is 0 Å². The average Bonchev–Trinajstić information content (AvgIpc) is 3.30. The molecule has 0 unspecified atom stereocenters. The normalized spacial score (nSPS) is 14.4. The van der Waals surface area contributed by atoms with Crippen LogP contribution >= 0.6 is 0 Å². The summed E-state index contributed by atoms with van der Waals surface area (Å²) in [5.41, 5.74) is 1.77. The van der Waals surface area contributed by atoms with Gasteiger partial charge >= 0.3 is 5.63 Å². The number of rotatable bonds is 7. The number of likely N-dealkylation sites (tertiary alicyclic amines) is 1. The zero-order valence-corrected chi connectivity index (χ0v) is 17.9. The predicted molar refractivity (Wildman–Crippen MR) is 118 cm³/mol. The Bertz CT molecular complexity index is 1090. The second-order valence-electron chi connectivity index (χ2n) is 7.69. The van der Waals surface area contributed by atoms with Crippen molar-refractivity contribution in [3.63, 3.8) is 0 Å². The third-order valence-corrected chi connectivity index (χ3v) is 5.73. The van der Waals surface area contributed by atoms with Gasteiger partial charge in [0.25, 0.3) is 0 Å². The molecule has 0 saturated carbocycles. The molecular formula is C23H28N4O3. The van der Waals surface area contributed by atoms with Crippen LogP contribution in [0.2, 0.25) is 0 Å². The lowest BCUT2D eigenvalue weighted by Crippen LogP contribution is -2.32. The summed E-state index contributed by atoms with van der Waals surface area (Å²) in [7, 11) is 3.63. The molecule has 0 N–H and O–H groups in total. The summed E-state index contributed by atoms with van der Waals surface area (Å²) in [5.74, 6) is 1.71. The molecule has 0 aliphatic carbocycles. The SMILES string of the molecule is CCc1cc(OC)cc2nc(-c3cccnc3N(C)CCN3CCCC3)oc(=O)c12. The number of benzene rings is 1. The number of hydrogen-bond acceptors (Lipinski definition) is 7. The molecule has 1 aliphatic rings. The first-order chi connectivity index (χ1) is 14.6. The minimum Gasteiger partial charge on any atom is -0.497 e. The fraction of sp³-hybridized carbons (Fsp3) is 0.435. The average molecular weight is 409 g/mol. The van der Waals surface area contributed by atoms with E-state index in [1.165, 1.54) is 12.8 Å². The summed E-state index contributed by atoms with van der Waals surface area (Å²) in [6.07, 6.45) is 4.99. The Labute approximate surface area is 176 Å². The Hall–Kier alpha value is -2.93. The van der Waals surface area contributed by atoms with E-state index >= 15 is 0 Å². The highest BCUT2D eigenvalue weighted by atomic mass is 16.5. The molecule has 0 atom stereocenters. The fourth-order valence-corrected chi connectivity index (χ4v) is 4.04. The Kier molecular flexibility index (Phi) is 5.99. The van der Waals surface area contributed by atoms with E-state index in [0.717, 1.165) is 37.6 Å². The van der Waals surface area contributed by atoms with Crippen LogP contribution in [-0.4, -0.2) is 55.2 Å². The van der Waals surface area contributed by atoms with Gasteiger partial charge in [-0.15, -0.1) is 0 Å². The summed E-state index contributed by atoms with van der Waals surface area (Å²) < 4.78 is 11.1. The largest absolute Gasteiger partial charge is 0.497 e. The molecule has 1 saturated heterocycles. The number of fused-ring (bicyclic) bond motifs is 1. The van der Waals surface area contributed by atoms with Gasteiger partial charge in [-0.2, -0.15) is 0 Å². The van der Waals surface area contributed by atoms with Crippen LogP contribution in [0.4, 0.5) is 5.82 Å². The summed E-state index contributed by atoms with van der Waals surface area (Å²) in [6, 6.07) is 7.37. The summed E-state index contributed by atoms with van der Waals surface area (Å²) in [5, 5.41) is 0.509. The van der Waals surface area contributed by atoms with Crippen LogP contribution in [0.1, 0.15) is 25.3 Å². The highest BCUT2D eigenvalue weighted by Gasteiger charge is 2.19. The van der Waals surface area contributed by atoms with Gasteiger partial charge in [-0.1, -0.05) is 6.92 Å². The number of likely N-dealkylation sites (N-methyl/N-ethyl adjacent to an activating group) is 1. The monoisotopic (exact) mass is 408 g/mol. The number of ether oxygens (including phenoxy) is 1. The van der Waals surface area contributed by atoms with Crippen molar-refractivity contribution >= 4 is 16.7 Å². The van der Waals surface area contributed by atoms with Gasteiger partial charge in [0.2, 0.25) is 5.89 Å². The topological polar surface area (TPSA) is 71.7 Å². The molecule has 0 bridgehead atoms. The maximum absolute atomic E-state index is 12.8. The zero-order chi connectivity index (χ0) is 21.1. The lowest BCUT2D eigenvalue weighted by atomic mass is 10.1. The standard InChI is InChI=1S/C23H28N4O3/c1-4-16-14-17(29-3)15-19-20(16)23(28)30-22(25-19)18-8-7-9-24-21(18)26(2)12-13-27-10-5-6-11-27/h7-9,14-15H,4-6,10-13H2,1-3H3.